The molecule has 0 bridgehead atoms. The maximum Gasteiger partial charge on any atom is 0.252 e. The van der Waals surface area contributed by atoms with E-state index in [1.165, 1.54) is 0 Å². The van der Waals surface area contributed by atoms with Gasteiger partial charge in [0.15, 0.2) is 0 Å². The standard InChI is InChI=1S/C18H21N5O.ClH/c1-5-24-16-8-6-15(7-9-16)20-17-11-12(2)19-18(21-17)23-14(4)10-13(3)22-23;/h6-11H,5H2,1-4H3,(H,19,20,21);1H. The van der Waals surface area contributed by atoms with E-state index in [4.69, 9.17) is 4.74 Å². The highest BCUT2D eigenvalue weighted by atomic mass is 35.5. The topological polar surface area (TPSA) is 64.9 Å². The summed E-state index contributed by atoms with van der Waals surface area (Å²) in [5, 5.41) is 7.75. The number of nitrogens with one attached hydrogen (secondary N) is 1. The molecule has 0 aliphatic rings. The second-order valence-electron chi connectivity index (χ2n) is 5.62. The molecule has 3 rings (SSSR count). The van der Waals surface area contributed by atoms with E-state index in [0.717, 1.165) is 34.3 Å². The van der Waals surface area contributed by atoms with Gasteiger partial charge in [0.2, 0.25) is 0 Å². The second-order valence-corrected chi connectivity index (χ2v) is 5.62. The Morgan fingerprint density at radius 3 is 2.32 bits per heavy atom. The molecular weight excluding hydrogens is 338 g/mol. The molecule has 6 nitrogen and oxygen atoms in total. The molecule has 0 fully saturated rings. The first-order chi connectivity index (χ1) is 11.5. The molecule has 1 aromatic carbocycles. The smallest absolute Gasteiger partial charge is 0.252 e. The molecule has 0 aliphatic heterocycles. The van der Waals surface area contributed by atoms with Gasteiger partial charge in [0, 0.05) is 23.1 Å². The van der Waals surface area contributed by atoms with Crippen molar-refractivity contribution < 1.29 is 4.74 Å². The molecule has 0 radical (unpaired) electrons. The summed E-state index contributed by atoms with van der Waals surface area (Å²) >= 11 is 0. The van der Waals surface area contributed by atoms with Crippen LogP contribution in [0.2, 0.25) is 0 Å². The van der Waals surface area contributed by atoms with Gasteiger partial charge in [-0.05, 0) is 58.0 Å². The summed E-state index contributed by atoms with van der Waals surface area (Å²) in [7, 11) is 0. The van der Waals surface area contributed by atoms with Crippen molar-refractivity contribution in [1.82, 2.24) is 19.7 Å². The number of aromatic nitrogens is 4. The Hall–Kier alpha value is -2.60. The summed E-state index contributed by atoms with van der Waals surface area (Å²) in [5.41, 5.74) is 3.76. The van der Waals surface area contributed by atoms with Crippen LogP contribution in [0.3, 0.4) is 0 Å². The molecule has 0 saturated heterocycles. The lowest BCUT2D eigenvalue weighted by Crippen LogP contribution is -2.08. The van der Waals surface area contributed by atoms with Crippen LogP contribution < -0.4 is 10.1 Å². The van der Waals surface area contributed by atoms with Gasteiger partial charge in [-0.2, -0.15) is 10.1 Å². The van der Waals surface area contributed by atoms with Crippen molar-refractivity contribution in [1.29, 1.82) is 0 Å². The number of anilines is 2. The lowest BCUT2D eigenvalue weighted by Gasteiger charge is -2.10. The van der Waals surface area contributed by atoms with Crippen LogP contribution in [0.25, 0.3) is 5.95 Å². The zero-order valence-corrected chi connectivity index (χ0v) is 15.6. The number of ether oxygens (including phenoxy) is 1. The monoisotopic (exact) mass is 359 g/mol. The van der Waals surface area contributed by atoms with Gasteiger partial charge in [-0.25, -0.2) is 9.67 Å². The molecule has 0 saturated carbocycles. The van der Waals surface area contributed by atoms with Gasteiger partial charge in [0.05, 0.1) is 12.3 Å². The van der Waals surface area contributed by atoms with Crippen LogP contribution in [-0.4, -0.2) is 26.4 Å². The summed E-state index contributed by atoms with van der Waals surface area (Å²) in [6, 6.07) is 11.7. The summed E-state index contributed by atoms with van der Waals surface area (Å²) in [6.45, 7) is 8.52. The maximum absolute atomic E-state index is 5.46. The summed E-state index contributed by atoms with van der Waals surface area (Å²) in [5.74, 6) is 2.15. The third-order valence-corrected chi connectivity index (χ3v) is 3.48. The third-order valence-electron chi connectivity index (χ3n) is 3.48. The molecule has 2 aromatic heterocycles. The van der Waals surface area contributed by atoms with Crippen LogP contribution in [0.5, 0.6) is 5.75 Å². The predicted molar refractivity (Wildman–Crippen MR) is 102 cm³/mol. The minimum atomic E-state index is 0. The molecule has 0 unspecified atom stereocenters. The maximum atomic E-state index is 5.46. The fourth-order valence-electron chi connectivity index (χ4n) is 2.49. The van der Waals surface area contributed by atoms with E-state index in [-0.39, 0.29) is 12.4 Å². The second kappa shape index (κ2) is 7.98. The summed E-state index contributed by atoms with van der Waals surface area (Å²) in [4.78, 5) is 9.07. The number of benzene rings is 1. The minimum Gasteiger partial charge on any atom is -0.494 e. The van der Waals surface area contributed by atoms with Crippen molar-refractivity contribution in [3.63, 3.8) is 0 Å². The number of aryl methyl sites for hydroxylation is 3. The highest BCUT2D eigenvalue weighted by Crippen LogP contribution is 2.20. The number of halogens is 1. The SMILES string of the molecule is CCOc1ccc(Nc2cc(C)nc(-n3nc(C)cc3C)n2)cc1.Cl. The highest BCUT2D eigenvalue weighted by Gasteiger charge is 2.09. The van der Waals surface area contributed by atoms with Gasteiger partial charge in [0.25, 0.3) is 5.95 Å². The van der Waals surface area contributed by atoms with E-state index in [9.17, 15) is 0 Å². The van der Waals surface area contributed by atoms with Crippen LogP contribution in [0.1, 0.15) is 24.0 Å². The lowest BCUT2D eigenvalue weighted by atomic mass is 10.3. The minimum absolute atomic E-state index is 0. The van der Waals surface area contributed by atoms with Crippen LogP contribution in [0.15, 0.2) is 36.4 Å². The fraction of sp³-hybridized carbons (Fsp3) is 0.278. The molecule has 0 spiro atoms. The number of hydrogen-bond acceptors (Lipinski definition) is 5. The molecular formula is C18H22ClN5O. The molecule has 132 valence electrons. The quantitative estimate of drug-likeness (QED) is 0.741. The van der Waals surface area contributed by atoms with Crippen LogP contribution in [-0.2, 0) is 0 Å². The van der Waals surface area contributed by atoms with Gasteiger partial charge in [-0.1, -0.05) is 0 Å². The van der Waals surface area contributed by atoms with Crippen LogP contribution >= 0.6 is 12.4 Å². The Bertz CT molecular complexity index is 845. The molecule has 25 heavy (non-hydrogen) atoms. The van der Waals surface area contributed by atoms with Crippen molar-refractivity contribution in [2.24, 2.45) is 0 Å². The first kappa shape index (κ1) is 18.7. The Morgan fingerprint density at radius 1 is 1.00 bits per heavy atom. The number of rotatable bonds is 5. The largest absolute Gasteiger partial charge is 0.494 e. The van der Waals surface area contributed by atoms with Crippen LogP contribution in [0.4, 0.5) is 11.5 Å². The van der Waals surface area contributed by atoms with E-state index < -0.39 is 0 Å². The van der Waals surface area contributed by atoms with E-state index in [1.807, 2.05) is 64.1 Å². The predicted octanol–water partition coefficient (Wildman–Crippen LogP) is 4.15. The molecule has 2 heterocycles. The molecule has 3 aromatic rings. The first-order valence-corrected chi connectivity index (χ1v) is 7.94. The Kier molecular flexibility index (Phi) is 5.98. The molecule has 0 amide bonds. The van der Waals surface area contributed by atoms with E-state index >= 15 is 0 Å². The Labute approximate surface area is 153 Å². The Morgan fingerprint density at radius 2 is 1.72 bits per heavy atom. The van der Waals surface area contributed by atoms with E-state index in [0.29, 0.717) is 12.6 Å². The average molecular weight is 360 g/mol. The third kappa shape index (κ3) is 4.48. The average Bonchev–Trinajstić information content (AvgIpc) is 2.88. The summed E-state index contributed by atoms with van der Waals surface area (Å²) < 4.78 is 7.21. The van der Waals surface area contributed by atoms with Gasteiger partial charge in [-0.3, -0.25) is 0 Å². The lowest BCUT2D eigenvalue weighted by molar-refractivity contribution is 0.340. The first-order valence-electron chi connectivity index (χ1n) is 7.94. The van der Waals surface area contributed by atoms with E-state index in [1.54, 1.807) is 4.68 Å². The van der Waals surface area contributed by atoms with Gasteiger partial charge < -0.3 is 10.1 Å². The zero-order valence-electron chi connectivity index (χ0n) is 14.8. The fourth-order valence-corrected chi connectivity index (χ4v) is 2.49. The van der Waals surface area contributed by atoms with Gasteiger partial charge >= 0.3 is 0 Å². The number of nitrogens with zero attached hydrogens (tertiary/aromatic N) is 4. The van der Waals surface area contributed by atoms with E-state index in [2.05, 4.69) is 20.4 Å². The van der Waals surface area contributed by atoms with Crippen molar-refractivity contribution in [3.05, 3.63) is 53.5 Å². The zero-order chi connectivity index (χ0) is 17.1. The van der Waals surface area contributed by atoms with Crippen molar-refractivity contribution in [2.75, 3.05) is 11.9 Å². The van der Waals surface area contributed by atoms with Gasteiger partial charge in [0.1, 0.15) is 11.6 Å². The summed E-state index contributed by atoms with van der Waals surface area (Å²) in [6.07, 6.45) is 0. The molecule has 7 heteroatoms. The van der Waals surface area contributed by atoms with Gasteiger partial charge in [-0.15, -0.1) is 12.4 Å². The number of hydrogen-bond donors (Lipinski definition) is 1. The Balaban J connectivity index is 0.00000225. The molecule has 1 N–H and O–H groups in total. The van der Waals surface area contributed by atoms with Crippen molar-refractivity contribution in [3.8, 4) is 11.7 Å². The molecule has 0 atom stereocenters. The molecule has 0 aliphatic carbocycles. The van der Waals surface area contributed by atoms with Crippen LogP contribution in [0, 0.1) is 20.8 Å². The highest BCUT2D eigenvalue weighted by molar-refractivity contribution is 5.85. The normalized spacial score (nSPS) is 10.2. The van der Waals surface area contributed by atoms with Crippen molar-refractivity contribution in [2.45, 2.75) is 27.7 Å². The van der Waals surface area contributed by atoms with Crippen molar-refractivity contribution >= 4 is 23.9 Å².